The van der Waals surface area contributed by atoms with Crippen molar-refractivity contribution in [2.24, 2.45) is 23.5 Å². The zero-order chi connectivity index (χ0) is 27.1. The molecule has 1 fully saturated rings. The summed E-state index contributed by atoms with van der Waals surface area (Å²) in [6, 6.07) is 2.94. The number of aliphatic hydroxyl groups is 3. The molecule has 1 saturated carbocycles. The number of amides is 1. The van der Waals surface area contributed by atoms with E-state index in [9.17, 15) is 39.6 Å². The summed E-state index contributed by atoms with van der Waals surface area (Å²) in [5.74, 6) is -9.78. The Kier molecular flexibility index (Phi) is 5.36. The van der Waals surface area contributed by atoms with E-state index in [1.807, 2.05) is 0 Å². The Hall–Kier alpha value is -3.96. The highest BCUT2D eigenvalue weighted by atomic mass is 16.5. The van der Waals surface area contributed by atoms with Crippen LogP contribution in [0.2, 0.25) is 0 Å². The molecule has 11 heteroatoms. The van der Waals surface area contributed by atoms with E-state index in [1.165, 1.54) is 37.2 Å². The van der Waals surface area contributed by atoms with Gasteiger partial charge in [0.25, 0.3) is 5.91 Å². The third-order valence-corrected chi connectivity index (χ3v) is 7.74. The number of likely N-dealkylation sites (N-methyl/N-ethyl adjacent to an activating group) is 1. The van der Waals surface area contributed by atoms with Crippen molar-refractivity contribution >= 4 is 29.0 Å². The van der Waals surface area contributed by atoms with Crippen LogP contribution in [0.15, 0.2) is 47.4 Å². The second-order valence-corrected chi connectivity index (χ2v) is 10.1. The van der Waals surface area contributed by atoms with Crippen molar-refractivity contribution in [1.82, 2.24) is 4.90 Å². The highest BCUT2D eigenvalue weighted by Gasteiger charge is 2.68. The quantitative estimate of drug-likeness (QED) is 0.282. The van der Waals surface area contributed by atoms with Crippen LogP contribution in [-0.2, 0) is 19.1 Å². The Labute approximate surface area is 211 Å². The van der Waals surface area contributed by atoms with Gasteiger partial charge in [0.1, 0.15) is 28.9 Å². The first-order chi connectivity index (χ1) is 17.3. The maximum atomic E-state index is 13.7. The summed E-state index contributed by atoms with van der Waals surface area (Å²) in [5.41, 5.74) is 1.17. The topological polar surface area (TPSA) is 188 Å². The molecule has 11 nitrogen and oxygen atoms in total. The molecule has 0 unspecified atom stereocenters. The van der Waals surface area contributed by atoms with Gasteiger partial charge in [-0.05, 0) is 44.1 Å². The number of esters is 1. The lowest BCUT2D eigenvalue weighted by Gasteiger charge is -2.53. The van der Waals surface area contributed by atoms with E-state index < -0.39 is 87.4 Å². The van der Waals surface area contributed by atoms with Gasteiger partial charge in [0.2, 0.25) is 5.78 Å². The molecule has 4 aliphatic carbocycles. The molecule has 4 aliphatic rings. The number of hydrogen-bond acceptors (Lipinski definition) is 10. The number of ketones is 2. The minimum atomic E-state index is -2.97. The molecular formula is C26H26N2O9. The fourth-order valence-corrected chi connectivity index (χ4v) is 5.88. The highest BCUT2D eigenvalue weighted by molar-refractivity contribution is 6.25. The van der Waals surface area contributed by atoms with E-state index in [4.69, 9.17) is 10.5 Å². The number of aromatic hydroxyl groups is 1. The zero-order valence-electron chi connectivity index (χ0n) is 20.1. The van der Waals surface area contributed by atoms with E-state index in [-0.39, 0.29) is 16.7 Å². The largest absolute Gasteiger partial charge is 0.510 e. The molecule has 37 heavy (non-hydrogen) atoms. The Bertz CT molecular complexity index is 1370. The minimum absolute atomic E-state index is 0.191. The van der Waals surface area contributed by atoms with Crippen LogP contribution >= 0.6 is 0 Å². The minimum Gasteiger partial charge on any atom is -0.510 e. The van der Waals surface area contributed by atoms with Crippen molar-refractivity contribution in [2.45, 2.75) is 30.6 Å². The van der Waals surface area contributed by atoms with Gasteiger partial charge in [-0.2, -0.15) is 0 Å². The molecule has 194 valence electrons. The lowest BCUT2D eigenvalue weighted by atomic mass is 9.56. The number of nitrogens with zero attached hydrogens (tertiary/aromatic N) is 1. The van der Waals surface area contributed by atoms with Gasteiger partial charge in [-0.3, -0.25) is 24.1 Å². The Morgan fingerprint density at radius 3 is 2.38 bits per heavy atom. The fourth-order valence-electron chi connectivity index (χ4n) is 5.88. The zero-order valence-corrected chi connectivity index (χ0v) is 20.1. The number of Topliss-reactive ketones (excluding diaryl/α,β-unsaturated/α-hetero) is 2. The van der Waals surface area contributed by atoms with Gasteiger partial charge in [0.15, 0.2) is 11.4 Å². The smallest absolute Gasteiger partial charge is 0.309 e. The van der Waals surface area contributed by atoms with Gasteiger partial charge in [-0.1, -0.05) is 18.7 Å². The number of aliphatic hydroxyl groups excluding tert-OH is 2. The van der Waals surface area contributed by atoms with Crippen LogP contribution in [0.4, 0.5) is 0 Å². The number of ether oxygens (including phenoxy) is 1. The number of primary amides is 1. The number of carbonyl (C=O) groups excluding carboxylic acids is 4. The maximum Gasteiger partial charge on any atom is 0.309 e. The van der Waals surface area contributed by atoms with Crippen molar-refractivity contribution in [3.63, 3.8) is 0 Å². The van der Waals surface area contributed by atoms with E-state index in [0.717, 1.165) is 0 Å². The number of hydrogen-bond donors (Lipinski definition) is 5. The molecule has 1 aromatic rings. The van der Waals surface area contributed by atoms with E-state index in [0.29, 0.717) is 12.8 Å². The van der Waals surface area contributed by atoms with Gasteiger partial charge in [0.05, 0.1) is 34.9 Å². The molecule has 6 N–H and O–H groups in total. The third kappa shape index (κ3) is 3.20. The summed E-state index contributed by atoms with van der Waals surface area (Å²) >= 11 is 0. The Morgan fingerprint density at radius 2 is 1.81 bits per heavy atom. The molecule has 5 atom stereocenters. The number of phenolic OH excluding ortho intramolecular Hbond substituents is 1. The number of rotatable bonds is 4. The summed E-state index contributed by atoms with van der Waals surface area (Å²) in [5, 5.41) is 44.8. The summed E-state index contributed by atoms with van der Waals surface area (Å²) in [7, 11) is 2.97. The van der Waals surface area contributed by atoms with Crippen molar-refractivity contribution < 1.29 is 44.3 Å². The van der Waals surface area contributed by atoms with Crippen molar-refractivity contribution in [2.75, 3.05) is 14.1 Å². The molecule has 0 heterocycles. The predicted octanol–water partition coefficient (Wildman–Crippen LogP) is 0.523. The average molecular weight is 510 g/mol. The normalized spacial score (nSPS) is 31.2. The molecule has 0 spiro atoms. The average Bonchev–Trinajstić information content (AvgIpc) is 3.66. The monoisotopic (exact) mass is 510 g/mol. The predicted molar refractivity (Wildman–Crippen MR) is 127 cm³/mol. The van der Waals surface area contributed by atoms with Crippen LogP contribution in [-0.4, -0.2) is 80.6 Å². The van der Waals surface area contributed by atoms with Gasteiger partial charge in [0, 0.05) is 0 Å². The molecule has 1 aromatic carbocycles. The summed E-state index contributed by atoms with van der Waals surface area (Å²) in [6.07, 6.45) is -0.324. The van der Waals surface area contributed by atoms with E-state index in [1.54, 1.807) is 0 Å². The lowest BCUT2D eigenvalue weighted by Crippen LogP contribution is -2.68. The SMILES string of the molecule is C=C1c2cccc(O)c2C(=O)C2=C(O)[C@@]3(O)C(=O)C(C(N)=O)=C(O)[C@H](N(C)C)[C@H]3[C@H](OC(=O)C3CC3)[C@@H]12. The number of fused-ring (bicyclic) bond motifs is 3. The molecule has 0 aromatic heterocycles. The highest BCUT2D eigenvalue weighted by Crippen LogP contribution is 2.56. The van der Waals surface area contributed by atoms with Gasteiger partial charge >= 0.3 is 5.97 Å². The van der Waals surface area contributed by atoms with Crippen molar-refractivity contribution in [3.05, 3.63) is 58.6 Å². The van der Waals surface area contributed by atoms with Crippen LogP contribution in [0.25, 0.3) is 5.57 Å². The van der Waals surface area contributed by atoms with E-state index >= 15 is 0 Å². The first-order valence-corrected chi connectivity index (χ1v) is 11.7. The summed E-state index contributed by atoms with van der Waals surface area (Å²) in [6.45, 7) is 4.05. The first kappa shape index (κ1) is 24.7. The van der Waals surface area contributed by atoms with Gasteiger partial charge < -0.3 is 30.9 Å². The van der Waals surface area contributed by atoms with Gasteiger partial charge in [-0.15, -0.1) is 0 Å². The van der Waals surface area contributed by atoms with Crippen LogP contribution in [0, 0.1) is 17.8 Å². The number of phenols is 1. The van der Waals surface area contributed by atoms with Crippen molar-refractivity contribution in [1.29, 1.82) is 0 Å². The number of benzene rings is 1. The number of carbonyl (C=O) groups is 4. The van der Waals surface area contributed by atoms with E-state index in [2.05, 4.69) is 6.58 Å². The summed E-state index contributed by atoms with van der Waals surface area (Å²) in [4.78, 5) is 53.7. The lowest BCUT2D eigenvalue weighted by molar-refractivity contribution is -0.178. The third-order valence-electron chi connectivity index (χ3n) is 7.74. The number of nitrogens with two attached hydrogens (primary N) is 1. The Morgan fingerprint density at radius 1 is 1.16 bits per heavy atom. The fraction of sp³-hybridized carbons (Fsp3) is 0.385. The maximum absolute atomic E-state index is 13.7. The van der Waals surface area contributed by atoms with Crippen LogP contribution in [0.1, 0.15) is 28.8 Å². The molecular weight excluding hydrogens is 484 g/mol. The molecule has 5 rings (SSSR count). The molecule has 0 bridgehead atoms. The van der Waals surface area contributed by atoms with Crippen LogP contribution in [0.3, 0.4) is 0 Å². The van der Waals surface area contributed by atoms with Crippen LogP contribution < -0.4 is 5.73 Å². The standard InChI is InChI=1S/C26H26N2O9/c1-9-11-5-4-6-12(29)14(11)19(30)15-13(9)21(37-25(35)10-7-8-10)17-18(28(2)3)20(31)16(24(27)34)23(33)26(17,36)22(15)32/h4-6,10,13,17-18,21,29,31-32,36H,1,7-8H2,2-3H3,(H2,27,34)/t13-,17-,18+,21+,26+/m0/s1. The second kappa shape index (κ2) is 8.02. The summed E-state index contributed by atoms with van der Waals surface area (Å²) < 4.78 is 5.86. The molecule has 0 radical (unpaired) electrons. The van der Waals surface area contributed by atoms with Crippen molar-refractivity contribution in [3.8, 4) is 5.75 Å². The molecule has 0 aliphatic heterocycles. The van der Waals surface area contributed by atoms with Crippen LogP contribution in [0.5, 0.6) is 5.75 Å². The first-order valence-electron chi connectivity index (χ1n) is 11.7. The molecule has 1 amide bonds. The Balaban J connectivity index is 1.84. The molecule has 0 saturated heterocycles. The second-order valence-electron chi connectivity index (χ2n) is 10.1. The van der Waals surface area contributed by atoms with Gasteiger partial charge in [-0.25, -0.2) is 0 Å².